The largest absolute Gasteiger partial charge is 0.493 e. The predicted octanol–water partition coefficient (Wildman–Crippen LogP) is 3.13. The minimum atomic E-state index is -0.722. The highest BCUT2D eigenvalue weighted by molar-refractivity contribution is 5.95. The fourth-order valence-electron chi connectivity index (χ4n) is 3.57. The monoisotopic (exact) mass is 454 g/mol. The summed E-state index contributed by atoms with van der Waals surface area (Å²) in [6.07, 6.45) is 3.02. The summed E-state index contributed by atoms with van der Waals surface area (Å²) in [7, 11) is 0. The van der Waals surface area contributed by atoms with Gasteiger partial charge in [-0.3, -0.25) is 24.0 Å². The summed E-state index contributed by atoms with van der Waals surface area (Å²) in [6, 6.07) is 9.19. The number of amides is 1. The van der Waals surface area contributed by atoms with E-state index in [1.807, 2.05) is 39.0 Å². The van der Waals surface area contributed by atoms with Gasteiger partial charge in [0.2, 0.25) is 5.91 Å². The quantitative estimate of drug-likeness (QED) is 0.485. The van der Waals surface area contributed by atoms with Crippen LogP contribution < -0.4 is 26.6 Å². The zero-order chi connectivity index (χ0) is 24.0. The zero-order valence-corrected chi connectivity index (χ0v) is 19.2. The van der Waals surface area contributed by atoms with Crippen LogP contribution in [0.2, 0.25) is 0 Å². The Balaban J connectivity index is 1.88. The van der Waals surface area contributed by atoms with Gasteiger partial charge in [0, 0.05) is 6.54 Å². The third kappa shape index (κ3) is 5.74. The normalized spacial score (nSPS) is 10.9. The summed E-state index contributed by atoms with van der Waals surface area (Å²) in [6.45, 7) is 6.36. The molecule has 3 aromatic rings. The van der Waals surface area contributed by atoms with Crippen molar-refractivity contribution in [1.82, 2.24) is 9.55 Å². The number of anilines is 2. The number of ether oxygens (including phenoxy) is 1. The van der Waals surface area contributed by atoms with E-state index in [9.17, 15) is 14.4 Å². The summed E-state index contributed by atoms with van der Waals surface area (Å²) < 4.78 is 12.5. The first-order chi connectivity index (χ1) is 15.8. The molecule has 0 aliphatic heterocycles. The number of H-pyrrole nitrogens is 1. The van der Waals surface area contributed by atoms with Gasteiger partial charge in [-0.05, 0) is 44.0 Å². The number of nitrogen functional groups attached to an aromatic ring is 1. The topological polar surface area (TPSA) is 124 Å². The number of benzene rings is 1. The molecule has 1 aromatic carbocycles. The number of hydrogen-bond donors (Lipinski definition) is 2. The first-order valence-corrected chi connectivity index (χ1v) is 11.0. The number of carbonyl (C=O) groups is 1. The Morgan fingerprint density at radius 1 is 1.24 bits per heavy atom. The van der Waals surface area contributed by atoms with E-state index in [-0.39, 0.29) is 37.0 Å². The van der Waals surface area contributed by atoms with Crippen molar-refractivity contribution < 1.29 is 13.9 Å². The van der Waals surface area contributed by atoms with E-state index in [0.717, 1.165) is 17.5 Å². The number of nitrogens with zero attached hydrogens (tertiary/aromatic N) is 2. The van der Waals surface area contributed by atoms with Crippen molar-refractivity contribution in [1.29, 1.82) is 0 Å². The molecule has 0 bridgehead atoms. The lowest BCUT2D eigenvalue weighted by Gasteiger charge is -2.24. The van der Waals surface area contributed by atoms with Gasteiger partial charge in [-0.15, -0.1) is 0 Å². The second-order valence-corrected chi connectivity index (χ2v) is 7.92. The number of nitrogens with two attached hydrogens (primary N) is 1. The van der Waals surface area contributed by atoms with E-state index in [1.165, 1.54) is 15.7 Å². The molecule has 0 aliphatic rings. The maximum absolute atomic E-state index is 13.2. The molecule has 1 amide bonds. The van der Waals surface area contributed by atoms with Gasteiger partial charge in [0.05, 0.1) is 25.8 Å². The summed E-state index contributed by atoms with van der Waals surface area (Å²) in [5, 5.41) is 0. The lowest BCUT2D eigenvalue weighted by atomic mass is 10.1. The molecular weight excluding hydrogens is 424 g/mol. The molecule has 0 saturated heterocycles. The van der Waals surface area contributed by atoms with Crippen molar-refractivity contribution >= 4 is 17.4 Å². The maximum Gasteiger partial charge on any atom is 0.330 e. The molecule has 0 saturated carbocycles. The van der Waals surface area contributed by atoms with Crippen molar-refractivity contribution in [2.75, 3.05) is 17.2 Å². The number of aromatic amines is 1. The number of unbranched alkanes of at least 4 members (excludes halogenated alkanes) is 1. The van der Waals surface area contributed by atoms with Crippen LogP contribution in [0.4, 0.5) is 11.5 Å². The molecule has 0 unspecified atom stereocenters. The average Bonchev–Trinajstić information content (AvgIpc) is 3.27. The van der Waals surface area contributed by atoms with Crippen molar-refractivity contribution in [3.05, 3.63) is 74.3 Å². The Morgan fingerprint density at radius 2 is 2.03 bits per heavy atom. The molecule has 2 aromatic heterocycles. The van der Waals surface area contributed by atoms with Gasteiger partial charge in [0.1, 0.15) is 17.3 Å². The minimum Gasteiger partial charge on any atom is -0.493 e. The smallest absolute Gasteiger partial charge is 0.330 e. The molecule has 3 rings (SSSR count). The standard InChI is InChI=1S/C24H30N4O5/c1-4-5-11-27-22(25)21(23(30)26-24(27)31)28(15-18-7-6-12-32-18)20(29)10-13-33-19-9-8-16(2)14-17(19)3/h6-9,12,14H,4-5,10-11,13,15,25H2,1-3H3,(H,26,30,31). The molecule has 33 heavy (non-hydrogen) atoms. The van der Waals surface area contributed by atoms with Crippen LogP contribution in [0.3, 0.4) is 0 Å². The number of hydrogen-bond acceptors (Lipinski definition) is 6. The van der Waals surface area contributed by atoms with Gasteiger partial charge in [0.25, 0.3) is 5.56 Å². The lowest BCUT2D eigenvalue weighted by molar-refractivity contribution is -0.119. The first-order valence-electron chi connectivity index (χ1n) is 11.0. The van der Waals surface area contributed by atoms with E-state index in [1.54, 1.807) is 12.1 Å². The first kappa shape index (κ1) is 23.9. The zero-order valence-electron chi connectivity index (χ0n) is 19.2. The fraction of sp³-hybridized carbons (Fsp3) is 0.375. The van der Waals surface area contributed by atoms with Crippen LogP contribution >= 0.6 is 0 Å². The molecule has 2 heterocycles. The van der Waals surface area contributed by atoms with Gasteiger partial charge in [-0.25, -0.2) is 4.79 Å². The number of rotatable bonds is 10. The molecule has 9 heteroatoms. The van der Waals surface area contributed by atoms with Crippen LogP contribution in [0, 0.1) is 13.8 Å². The van der Waals surface area contributed by atoms with Crippen LogP contribution in [0.5, 0.6) is 5.75 Å². The van der Waals surface area contributed by atoms with Crippen molar-refractivity contribution in [3.63, 3.8) is 0 Å². The number of aryl methyl sites for hydroxylation is 2. The molecule has 9 nitrogen and oxygen atoms in total. The number of furan rings is 1. The van der Waals surface area contributed by atoms with Crippen LogP contribution in [0.15, 0.2) is 50.6 Å². The van der Waals surface area contributed by atoms with Gasteiger partial charge < -0.3 is 14.9 Å². The summed E-state index contributed by atoms with van der Waals surface area (Å²) >= 11 is 0. The predicted molar refractivity (Wildman–Crippen MR) is 127 cm³/mol. The third-order valence-electron chi connectivity index (χ3n) is 5.32. The second kappa shape index (κ2) is 10.7. The Morgan fingerprint density at radius 3 is 2.70 bits per heavy atom. The molecule has 0 aliphatic carbocycles. The number of carbonyl (C=O) groups excluding carboxylic acids is 1. The highest BCUT2D eigenvalue weighted by Crippen LogP contribution is 2.22. The second-order valence-electron chi connectivity index (χ2n) is 7.92. The highest BCUT2D eigenvalue weighted by Gasteiger charge is 2.25. The Labute approximate surface area is 191 Å². The molecule has 0 atom stereocenters. The molecule has 0 radical (unpaired) electrons. The van der Waals surface area contributed by atoms with E-state index in [2.05, 4.69) is 4.98 Å². The summed E-state index contributed by atoms with van der Waals surface area (Å²) in [5.41, 5.74) is 6.93. The van der Waals surface area contributed by atoms with E-state index >= 15 is 0 Å². The third-order valence-corrected chi connectivity index (χ3v) is 5.32. The van der Waals surface area contributed by atoms with E-state index in [4.69, 9.17) is 14.9 Å². The molecular formula is C24H30N4O5. The maximum atomic E-state index is 13.2. The number of aromatic nitrogens is 2. The summed E-state index contributed by atoms with van der Waals surface area (Å²) in [4.78, 5) is 41.8. The van der Waals surface area contributed by atoms with Gasteiger partial charge in [-0.2, -0.15) is 0 Å². The van der Waals surface area contributed by atoms with Crippen LogP contribution in [-0.2, 0) is 17.9 Å². The SMILES string of the molecule is CCCCn1c(N)c(N(Cc2ccco2)C(=O)CCOc2ccc(C)cc2C)c(=O)[nH]c1=O. The molecule has 176 valence electrons. The van der Waals surface area contributed by atoms with Gasteiger partial charge in [-0.1, -0.05) is 31.0 Å². The average molecular weight is 455 g/mol. The number of nitrogens with one attached hydrogen (secondary N) is 1. The van der Waals surface area contributed by atoms with Crippen LogP contribution in [0.1, 0.15) is 43.1 Å². The Kier molecular flexibility index (Phi) is 7.76. The Bertz CT molecular complexity index is 1210. The lowest BCUT2D eigenvalue weighted by Crippen LogP contribution is -2.41. The molecule has 0 spiro atoms. The highest BCUT2D eigenvalue weighted by atomic mass is 16.5. The van der Waals surface area contributed by atoms with E-state index in [0.29, 0.717) is 24.5 Å². The van der Waals surface area contributed by atoms with Crippen LogP contribution in [0.25, 0.3) is 0 Å². The molecule has 0 fully saturated rings. The molecule has 3 N–H and O–H groups in total. The summed E-state index contributed by atoms with van der Waals surface area (Å²) in [5.74, 6) is 0.738. The van der Waals surface area contributed by atoms with Gasteiger partial charge >= 0.3 is 5.69 Å². The van der Waals surface area contributed by atoms with E-state index < -0.39 is 11.2 Å². The van der Waals surface area contributed by atoms with Crippen molar-refractivity contribution in [3.8, 4) is 5.75 Å². The van der Waals surface area contributed by atoms with Crippen molar-refractivity contribution in [2.24, 2.45) is 0 Å². The van der Waals surface area contributed by atoms with Crippen molar-refractivity contribution in [2.45, 2.75) is 53.1 Å². The fourth-order valence-corrected chi connectivity index (χ4v) is 3.57. The minimum absolute atomic E-state index is 0.000984. The van der Waals surface area contributed by atoms with Gasteiger partial charge in [0.15, 0.2) is 5.69 Å². The Hall–Kier alpha value is -3.75. The van der Waals surface area contributed by atoms with Crippen LogP contribution in [-0.4, -0.2) is 22.1 Å².